The van der Waals surface area contributed by atoms with E-state index in [9.17, 15) is 4.39 Å². The molecule has 0 spiro atoms. The summed E-state index contributed by atoms with van der Waals surface area (Å²) in [6.07, 6.45) is 0.882. The minimum atomic E-state index is -0.345. The molecule has 0 aliphatic carbocycles. The minimum absolute atomic E-state index is 0.0906. The van der Waals surface area contributed by atoms with Crippen molar-refractivity contribution in [1.82, 2.24) is 5.32 Å². The smallest absolute Gasteiger partial charge is 0.171 e. The third kappa shape index (κ3) is 4.75. The Morgan fingerprint density at radius 1 is 1.17 bits per heavy atom. The van der Waals surface area contributed by atoms with Gasteiger partial charge in [-0.3, -0.25) is 0 Å². The first-order valence-electron chi connectivity index (χ1n) is 7.50. The average molecular weight is 395 g/mol. The van der Waals surface area contributed by atoms with Crippen molar-refractivity contribution < 1.29 is 4.39 Å². The molecule has 2 nitrogen and oxygen atoms in total. The maximum absolute atomic E-state index is 13.9. The van der Waals surface area contributed by atoms with Crippen LogP contribution in [0.2, 0.25) is 0 Å². The van der Waals surface area contributed by atoms with Gasteiger partial charge in [0.05, 0.1) is 11.7 Å². The zero-order valence-corrected chi connectivity index (χ0v) is 15.8. The Hall–Kier alpha value is -1.46. The van der Waals surface area contributed by atoms with Gasteiger partial charge in [0, 0.05) is 4.47 Å². The summed E-state index contributed by atoms with van der Waals surface area (Å²) in [5.41, 5.74) is 4.05. The fraction of sp³-hybridized carbons (Fsp3) is 0.278. The predicted molar refractivity (Wildman–Crippen MR) is 102 cm³/mol. The van der Waals surface area contributed by atoms with E-state index in [2.05, 4.69) is 65.5 Å². The maximum Gasteiger partial charge on any atom is 0.171 e. The molecule has 23 heavy (non-hydrogen) atoms. The van der Waals surface area contributed by atoms with Crippen LogP contribution in [-0.2, 0) is 0 Å². The molecule has 0 saturated carbocycles. The summed E-state index contributed by atoms with van der Waals surface area (Å²) >= 11 is 8.57. The van der Waals surface area contributed by atoms with E-state index in [1.165, 1.54) is 22.8 Å². The molecule has 0 heterocycles. The summed E-state index contributed by atoms with van der Waals surface area (Å²) in [6.45, 7) is 6.28. The van der Waals surface area contributed by atoms with Crippen LogP contribution in [-0.4, -0.2) is 5.11 Å². The molecule has 2 aromatic rings. The van der Waals surface area contributed by atoms with Gasteiger partial charge in [-0.25, -0.2) is 4.39 Å². The zero-order chi connectivity index (χ0) is 17.0. The van der Waals surface area contributed by atoms with Gasteiger partial charge in [-0.1, -0.05) is 41.1 Å². The van der Waals surface area contributed by atoms with E-state index in [0.717, 1.165) is 6.42 Å². The monoisotopic (exact) mass is 394 g/mol. The molecule has 0 aliphatic heterocycles. The summed E-state index contributed by atoms with van der Waals surface area (Å²) < 4.78 is 14.6. The number of rotatable bonds is 4. The largest absolute Gasteiger partial charge is 0.356 e. The van der Waals surface area contributed by atoms with E-state index >= 15 is 0 Å². The molecule has 1 atom stereocenters. The molecule has 0 aromatic heterocycles. The highest BCUT2D eigenvalue weighted by Crippen LogP contribution is 2.22. The molecule has 0 bridgehead atoms. The molecule has 0 saturated heterocycles. The summed E-state index contributed by atoms with van der Waals surface area (Å²) in [4.78, 5) is 0. The van der Waals surface area contributed by atoms with Crippen LogP contribution < -0.4 is 10.6 Å². The molecule has 2 aromatic carbocycles. The van der Waals surface area contributed by atoms with Crippen molar-refractivity contribution in [2.24, 2.45) is 0 Å². The Balaban J connectivity index is 2.08. The molecule has 122 valence electrons. The van der Waals surface area contributed by atoms with E-state index in [0.29, 0.717) is 15.3 Å². The van der Waals surface area contributed by atoms with Crippen LogP contribution in [0.4, 0.5) is 10.1 Å². The molecule has 0 amide bonds. The molecule has 5 heteroatoms. The molecule has 0 radical (unpaired) electrons. The standard InChI is InChI=1S/C18H20BrFN2S/c1-4-16(13-6-5-11(2)12(3)9-13)21-18(23)22-17-8-7-14(19)10-15(17)20/h5-10,16H,4H2,1-3H3,(H2,21,22,23). The van der Waals surface area contributed by atoms with E-state index in [1.807, 2.05) is 0 Å². The molecule has 2 N–H and O–H groups in total. The number of halogens is 2. The fourth-order valence-corrected chi connectivity index (χ4v) is 2.90. The van der Waals surface area contributed by atoms with E-state index in [-0.39, 0.29) is 11.9 Å². The van der Waals surface area contributed by atoms with Gasteiger partial charge in [0.25, 0.3) is 0 Å². The summed E-state index contributed by atoms with van der Waals surface area (Å²) in [6, 6.07) is 11.3. The van der Waals surface area contributed by atoms with Gasteiger partial charge in [0.1, 0.15) is 5.82 Å². The van der Waals surface area contributed by atoms with Crippen LogP contribution in [0.1, 0.15) is 36.1 Å². The fourth-order valence-electron chi connectivity index (χ4n) is 2.31. The zero-order valence-electron chi connectivity index (χ0n) is 13.4. The SMILES string of the molecule is CCC(NC(=S)Nc1ccc(Br)cc1F)c1ccc(C)c(C)c1. The molecule has 0 aliphatic rings. The lowest BCUT2D eigenvalue weighted by Gasteiger charge is -2.21. The Morgan fingerprint density at radius 2 is 1.91 bits per heavy atom. The minimum Gasteiger partial charge on any atom is -0.356 e. The van der Waals surface area contributed by atoms with E-state index in [1.54, 1.807) is 12.1 Å². The van der Waals surface area contributed by atoms with Crippen molar-refractivity contribution in [1.29, 1.82) is 0 Å². The van der Waals surface area contributed by atoms with Crippen molar-refractivity contribution in [3.05, 3.63) is 63.4 Å². The number of benzene rings is 2. The van der Waals surface area contributed by atoms with Crippen molar-refractivity contribution in [2.75, 3.05) is 5.32 Å². The quantitative estimate of drug-likeness (QED) is 0.655. The highest BCUT2D eigenvalue weighted by atomic mass is 79.9. The Bertz CT molecular complexity index is 718. The van der Waals surface area contributed by atoms with Crippen LogP contribution in [0.5, 0.6) is 0 Å². The number of anilines is 1. The van der Waals surface area contributed by atoms with E-state index in [4.69, 9.17) is 12.2 Å². The van der Waals surface area contributed by atoms with Gasteiger partial charge < -0.3 is 10.6 Å². The lowest BCUT2D eigenvalue weighted by molar-refractivity contribution is 0.623. The number of thiocarbonyl (C=S) groups is 1. The second kappa shape index (κ2) is 7.88. The van der Waals surface area contributed by atoms with Crippen LogP contribution in [0.15, 0.2) is 40.9 Å². The first kappa shape index (κ1) is 17.9. The lowest BCUT2D eigenvalue weighted by Crippen LogP contribution is -2.32. The number of hydrogen-bond donors (Lipinski definition) is 2. The van der Waals surface area contributed by atoms with Gasteiger partial charge in [-0.15, -0.1) is 0 Å². The lowest BCUT2D eigenvalue weighted by atomic mass is 9.99. The van der Waals surface area contributed by atoms with Crippen molar-refractivity contribution in [2.45, 2.75) is 33.2 Å². The second-order valence-corrected chi connectivity index (χ2v) is 6.85. The predicted octanol–water partition coefficient (Wildman–Crippen LogP) is 5.64. The highest BCUT2D eigenvalue weighted by Gasteiger charge is 2.12. The Morgan fingerprint density at radius 3 is 2.52 bits per heavy atom. The van der Waals surface area contributed by atoms with Gasteiger partial charge in [0.2, 0.25) is 0 Å². The van der Waals surface area contributed by atoms with Crippen molar-refractivity contribution in [3.63, 3.8) is 0 Å². The second-order valence-electron chi connectivity index (χ2n) is 5.53. The van der Waals surface area contributed by atoms with Crippen molar-refractivity contribution in [3.8, 4) is 0 Å². The van der Waals surface area contributed by atoms with Crippen LogP contribution in [0.25, 0.3) is 0 Å². The van der Waals surface area contributed by atoms with Crippen LogP contribution >= 0.6 is 28.1 Å². The molecule has 1 unspecified atom stereocenters. The van der Waals surface area contributed by atoms with Crippen LogP contribution in [0.3, 0.4) is 0 Å². The van der Waals surface area contributed by atoms with Crippen LogP contribution in [0, 0.1) is 19.7 Å². The molecule has 0 fully saturated rings. The van der Waals surface area contributed by atoms with Gasteiger partial charge >= 0.3 is 0 Å². The topological polar surface area (TPSA) is 24.1 Å². The normalized spacial score (nSPS) is 11.9. The number of aryl methyl sites for hydroxylation is 2. The number of nitrogens with one attached hydrogen (secondary N) is 2. The maximum atomic E-state index is 13.9. The summed E-state index contributed by atoms with van der Waals surface area (Å²) in [7, 11) is 0. The Kier molecular flexibility index (Phi) is 6.13. The van der Waals surface area contributed by atoms with Gasteiger partial charge in [-0.05, 0) is 67.4 Å². The van der Waals surface area contributed by atoms with Crippen molar-refractivity contribution >= 4 is 38.9 Å². The van der Waals surface area contributed by atoms with Gasteiger partial charge in [-0.2, -0.15) is 0 Å². The highest BCUT2D eigenvalue weighted by molar-refractivity contribution is 9.10. The Labute approximate surface area is 150 Å². The summed E-state index contributed by atoms with van der Waals surface area (Å²) in [5.74, 6) is -0.345. The third-order valence-corrected chi connectivity index (χ3v) is 4.54. The molecular formula is C18H20BrFN2S. The molecule has 2 rings (SSSR count). The number of hydrogen-bond acceptors (Lipinski definition) is 1. The first-order valence-corrected chi connectivity index (χ1v) is 8.70. The molecular weight excluding hydrogens is 375 g/mol. The van der Waals surface area contributed by atoms with E-state index < -0.39 is 0 Å². The summed E-state index contributed by atoms with van der Waals surface area (Å²) in [5, 5.41) is 6.60. The van der Waals surface area contributed by atoms with Gasteiger partial charge in [0.15, 0.2) is 5.11 Å². The third-order valence-electron chi connectivity index (χ3n) is 3.83. The first-order chi connectivity index (χ1) is 10.9. The average Bonchev–Trinajstić information content (AvgIpc) is 2.50.